The van der Waals surface area contributed by atoms with Crippen molar-refractivity contribution >= 4 is 27.6 Å². The fourth-order valence-corrected chi connectivity index (χ4v) is 2.96. The van der Waals surface area contributed by atoms with Crippen LogP contribution in [0.4, 0.5) is 0 Å². The number of aliphatic carboxylic acids is 1. The third-order valence-electron chi connectivity index (χ3n) is 3.75. The second kappa shape index (κ2) is 5.82. The molecule has 0 unspecified atom stereocenters. The molecule has 0 aromatic heterocycles. The molecular weight excluding hydrogens is 330 g/mol. The van der Waals surface area contributed by atoms with E-state index >= 15 is 0 Å². The maximum Gasteiger partial charge on any atom is 0.329 e. The van der Waals surface area contributed by atoms with Crippen LogP contribution in [0.5, 0.6) is 0 Å². The van der Waals surface area contributed by atoms with Crippen molar-refractivity contribution in [2.75, 3.05) is 0 Å². The van der Waals surface area contributed by atoms with Crippen LogP contribution >= 0.6 is 15.9 Å². The molecule has 1 heterocycles. The van der Waals surface area contributed by atoms with Crippen LogP contribution in [-0.4, -0.2) is 22.8 Å². The van der Waals surface area contributed by atoms with Crippen LogP contribution in [0.3, 0.4) is 0 Å². The molecule has 21 heavy (non-hydrogen) atoms. The minimum Gasteiger partial charge on any atom is -0.480 e. The van der Waals surface area contributed by atoms with Gasteiger partial charge in [-0.1, -0.05) is 58.4 Å². The van der Waals surface area contributed by atoms with Crippen LogP contribution in [0.1, 0.15) is 23.5 Å². The van der Waals surface area contributed by atoms with Crippen LogP contribution in [0.15, 0.2) is 64.1 Å². The molecule has 1 aliphatic heterocycles. The number of carboxylic acids is 1. The smallest absolute Gasteiger partial charge is 0.329 e. The number of aliphatic imine (C=N–C) groups is 1. The number of carboxylic acid groups (broad SMARTS) is 1. The normalized spacial score (nSPS) is 21.1. The standard InChI is InChI=1S/C17H14BrNO2/c18-13-8-6-12(7-9-13)15-10-14(16(19-15)17(20)21)11-4-2-1-3-5-11/h1-9,14,16H,10H2,(H,20,21)/t14-,16+/m1/s1. The van der Waals surface area contributed by atoms with E-state index < -0.39 is 12.0 Å². The number of hydrogen-bond acceptors (Lipinski definition) is 2. The Bertz CT molecular complexity index is 680. The monoisotopic (exact) mass is 343 g/mol. The van der Waals surface area contributed by atoms with Crippen molar-refractivity contribution in [3.05, 3.63) is 70.2 Å². The molecule has 2 aromatic carbocycles. The quantitative estimate of drug-likeness (QED) is 0.919. The van der Waals surface area contributed by atoms with Crippen LogP contribution in [0.25, 0.3) is 0 Å². The van der Waals surface area contributed by atoms with Gasteiger partial charge in [-0.05, 0) is 29.7 Å². The maximum atomic E-state index is 11.5. The summed E-state index contributed by atoms with van der Waals surface area (Å²) in [6, 6.07) is 16.9. The molecule has 0 saturated heterocycles. The first-order chi connectivity index (χ1) is 10.1. The lowest BCUT2D eigenvalue weighted by Crippen LogP contribution is -2.22. The number of rotatable bonds is 3. The Labute approximate surface area is 131 Å². The van der Waals surface area contributed by atoms with E-state index in [1.54, 1.807) is 0 Å². The highest BCUT2D eigenvalue weighted by Gasteiger charge is 2.35. The molecule has 1 aliphatic rings. The molecule has 2 atom stereocenters. The Balaban J connectivity index is 1.93. The molecule has 0 bridgehead atoms. The van der Waals surface area contributed by atoms with Gasteiger partial charge >= 0.3 is 5.97 Å². The van der Waals surface area contributed by atoms with E-state index in [0.29, 0.717) is 6.42 Å². The second-order valence-corrected chi connectivity index (χ2v) is 6.00. The van der Waals surface area contributed by atoms with Gasteiger partial charge in [0.25, 0.3) is 0 Å². The van der Waals surface area contributed by atoms with Gasteiger partial charge in [0.1, 0.15) is 0 Å². The van der Waals surface area contributed by atoms with Gasteiger partial charge in [0.05, 0.1) is 0 Å². The summed E-state index contributed by atoms with van der Waals surface area (Å²) in [4.78, 5) is 15.9. The number of hydrogen-bond donors (Lipinski definition) is 1. The van der Waals surface area contributed by atoms with Crippen LogP contribution in [-0.2, 0) is 4.79 Å². The summed E-state index contributed by atoms with van der Waals surface area (Å²) < 4.78 is 0.999. The van der Waals surface area contributed by atoms with Gasteiger partial charge in [0.15, 0.2) is 6.04 Å². The Morgan fingerprint density at radius 2 is 1.76 bits per heavy atom. The van der Waals surface area contributed by atoms with Crippen molar-refractivity contribution in [2.45, 2.75) is 18.4 Å². The third kappa shape index (κ3) is 2.90. The molecule has 0 radical (unpaired) electrons. The van der Waals surface area contributed by atoms with E-state index in [1.165, 1.54) is 0 Å². The molecule has 0 amide bonds. The number of nitrogens with zero attached hydrogens (tertiary/aromatic N) is 1. The van der Waals surface area contributed by atoms with Crippen molar-refractivity contribution in [2.24, 2.45) is 4.99 Å². The maximum absolute atomic E-state index is 11.5. The van der Waals surface area contributed by atoms with Gasteiger partial charge in [0, 0.05) is 16.1 Å². The van der Waals surface area contributed by atoms with E-state index in [2.05, 4.69) is 20.9 Å². The second-order valence-electron chi connectivity index (χ2n) is 5.09. The first-order valence-corrected chi connectivity index (χ1v) is 7.55. The highest BCUT2D eigenvalue weighted by molar-refractivity contribution is 9.10. The third-order valence-corrected chi connectivity index (χ3v) is 4.28. The van der Waals surface area contributed by atoms with E-state index in [4.69, 9.17) is 0 Å². The average molecular weight is 344 g/mol. The Hall–Kier alpha value is -1.94. The zero-order chi connectivity index (χ0) is 14.8. The zero-order valence-corrected chi connectivity index (χ0v) is 12.8. The van der Waals surface area contributed by atoms with Crippen molar-refractivity contribution in [1.29, 1.82) is 0 Å². The Morgan fingerprint density at radius 3 is 2.38 bits per heavy atom. The molecule has 1 N–H and O–H groups in total. The van der Waals surface area contributed by atoms with Crippen molar-refractivity contribution in [3.8, 4) is 0 Å². The van der Waals surface area contributed by atoms with Crippen LogP contribution < -0.4 is 0 Å². The minimum atomic E-state index is -0.865. The molecule has 0 aliphatic carbocycles. The van der Waals surface area contributed by atoms with Gasteiger partial charge in [-0.2, -0.15) is 0 Å². The van der Waals surface area contributed by atoms with Gasteiger partial charge in [-0.25, -0.2) is 4.79 Å². The summed E-state index contributed by atoms with van der Waals surface area (Å²) in [5.41, 5.74) is 2.88. The van der Waals surface area contributed by atoms with Crippen molar-refractivity contribution < 1.29 is 9.90 Å². The molecule has 0 spiro atoms. The van der Waals surface area contributed by atoms with E-state index in [0.717, 1.165) is 21.3 Å². The summed E-state index contributed by atoms with van der Waals surface area (Å²) in [5, 5.41) is 9.44. The lowest BCUT2D eigenvalue weighted by atomic mass is 9.89. The molecule has 106 valence electrons. The lowest BCUT2D eigenvalue weighted by Gasteiger charge is -2.14. The Morgan fingerprint density at radius 1 is 1.10 bits per heavy atom. The molecule has 0 saturated carbocycles. The molecule has 4 heteroatoms. The largest absolute Gasteiger partial charge is 0.480 e. The van der Waals surface area contributed by atoms with Crippen LogP contribution in [0.2, 0.25) is 0 Å². The minimum absolute atomic E-state index is 0.0950. The molecular formula is C17H14BrNO2. The van der Waals surface area contributed by atoms with E-state index in [1.807, 2.05) is 54.6 Å². The van der Waals surface area contributed by atoms with Gasteiger partial charge in [0.2, 0.25) is 0 Å². The predicted molar refractivity (Wildman–Crippen MR) is 85.9 cm³/mol. The average Bonchev–Trinajstić information content (AvgIpc) is 2.94. The molecule has 3 nitrogen and oxygen atoms in total. The molecule has 0 fully saturated rings. The van der Waals surface area contributed by atoms with Crippen molar-refractivity contribution in [3.63, 3.8) is 0 Å². The summed E-state index contributed by atoms with van der Waals surface area (Å²) in [7, 11) is 0. The van der Waals surface area contributed by atoms with E-state index in [-0.39, 0.29) is 5.92 Å². The van der Waals surface area contributed by atoms with Crippen LogP contribution in [0, 0.1) is 0 Å². The highest BCUT2D eigenvalue weighted by atomic mass is 79.9. The summed E-state index contributed by atoms with van der Waals surface area (Å²) in [6.07, 6.45) is 0.655. The first-order valence-electron chi connectivity index (χ1n) is 6.75. The highest BCUT2D eigenvalue weighted by Crippen LogP contribution is 2.33. The van der Waals surface area contributed by atoms with Gasteiger partial charge in [-0.3, -0.25) is 4.99 Å². The number of halogens is 1. The summed E-state index contributed by atoms with van der Waals surface area (Å²) in [5.74, 6) is -0.960. The SMILES string of the molecule is O=C(O)[C@H]1N=C(c2ccc(Br)cc2)C[C@@H]1c1ccccc1. The van der Waals surface area contributed by atoms with E-state index in [9.17, 15) is 9.90 Å². The first kappa shape index (κ1) is 14.0. The van der Waals surface area contributed by atoms with Crippen molar-refractivity contribution in [1.82, 2.24) is 0 Å². The fourth-order valence-electron chi connectivity index (χ4n) is 2.69. The summed E-state index contributed by atoms with van der Waals surface area (Å²) in [6.45, 7) is 0. The topological polar surface area (TPSA) is 49.7 Å². The molecule has 2 aromatic rings. The summed E-state index contributed by atoms with van der Waals surface area (Å²) >= 11 is 3.40. The number of carbonyl (C=O) groups is 1. The Kier molecular flexibility index (Phi) is 3.88. The lowest BCUT2D eigenvalue weighted by molar-refractivity contribution is -0.138. The molecule has 3 rings (SSSR count). The predicted octanol–water partition coefficient (Wildman–Crippen LogP) is 3.88. The van der Waals surface area contributed by atoms with Gasteiger partial charge < -0.3 is 5.11 Å². The fraction of sp³-hybridized carbons (Fsp3) is 0.176. The van der Waals surface area contributed by atoms with Gasteiger partial charge in [-0.15, -0.1) is 0 Å². The zero-order valence-electron chi connectivity index (χ0n) is 11.2. The number of benzene rings is 2.